The molecular formula is C15H9ClO. The first kappa shape index (κ1) is 11.4. The van der Waals surface area contributed by atoms with Crippen LogP contribution in [0.4, 0.5) is 0 Å². The number of rotatable bonds is 1. The standard InChI is InChI=1S/C15H9ClO/c16-15-9-6-12(7-10-15)5-8-13-3-1-2-4-14(13)11-17/h1-4,6-7,9-11H. The molecular weight excluding hydrogens is 232 g/mol. The molecule has 2 rings (SSSR count). The predicted molar refractivity (Wildman–Crippen MR) is 69.3 cm³/mol. The molecule has 1 nitrogen and oxygen atoms in total. The van der Waals surface area contributed by atoms with E-state index in [-0.39, 0.29) is 0 Å². The molecule has 2 aromatic rings. The molecule has 0 heterocycles. The van der Waals surface area contributed by atoms with E-state index >= 15 is 0 Å². The van der Waals surface area contributed by atoms with Gasteiger partial charge in [0.05, 0.1) is 0 Å². The van der Waals surface area contributed by atoms with E-state index in [1.807, 2.05) is 30.3 Å². The van der Waals surface area contributed by atoms with Crippen molar-refractivity contribution in [2.75, 3.05) is 0 Å². The number of hydrogen-bond donors (Lipinski definition) is 0. The molecule has 17 heavy (non-hydrogen) atoms. The fourth-order valence-corrected chi connectivity index (χ4v) is 1.51. The third kappa shape index (κ3) is 2.96. The Kier molecular flexibility index (Phi) is 3.59. The lowest BCUT2D eigenvalue weighted by molar-refractivity contribution is 0.112. The zero-order chi connectivity index (χ0) is 12.1. The third-order valence-electron chi connectivity index (χ3n) is 2.27. The lowest BCUT2D eigenvalue weighted by Gasteiger charge is -1.94. The van der Waals surface area contributed by atoms with Gasteiger partial charge < -0.3 is 0 Å². The molecule has 0 unspecified atom stereocenters. The lowest BCUT2D eigenvalue weighted by atomic mass is 10.1. The molecule has 0 bridgehead atoms. The van der Waals surface area contributed by atoms with Gasteiger partial charge in [0.1, 0.15) is 0 Å². The van der Waals surface area contributed by atoms with Gasteiger partial charge in [0.2, 0.25) is 0 Å². The van der Waals surface area contributed by atoms with Gasteiger partial charge in [0.15, 0.2) is 6.29 Å². The van der Waals surface area contributed by atoms with Gasteiger partial charge in [-0.3, -0.25) is 4.79 Å². The molecule has 82 valence electrons. The van der Waals surface area contributed by atoms with Gasteiger partial charge in [-0.15, -0.1) is 0 Å². The highest BCUT2D eigenvalue weighted by Gasteiger charge is 1.95. The molecule has 0 radical (unpaired) electrons. The van der Waals surface area contributed by atoms with Crippen LogP contribution in [0.5, 0.6) is 0 Å². The maximum atomic E-state index is 10.8. The minimum atomic E-state index is 0.606. The van der Waals surface area contributed by atoms with Crippen molar-refractivity contribution in [2.45, 2.75) is 0 Å². The fourth-order valence-electron chi connectivity index (χ4n) is 1.39. The van der Waals surface area contributed by atoms with E-state index < -0.39 is 0 Å². The fraction of sp³-hybridized carbons (Fsp3) is 0. The average Bonchev–Trinajstić information content (AvgIpc) is 2.38. The second-order valence-electron chi connectivity index (χ2n) is 3.46. The van der Waals surface area contributed by atoms with Crippen molar-refractivity contribution in [1.29, 1.82) is 0 Å². The quantitative estimate of drug-likeness (QED) is 0.550. The maximum Gasteiger partial charge on any atom is 0.151 e. The summed E-state index contributed by atoms with van der Waals surface area (Å²) in [6.07, 6.45) is 0.811. The Morgan fingerprint density at radius 2 is 1.65 bits per heavy atom. The van der Waals surface area contributed by atoms with E-state index in [9.17, 15) is 4.79 Å². The van der Waals surface area contributed by atoms with E-state index in [1.165, 1.54) is 0 Å². The van der Waals surface area contributed by atoms with Gasteiger partial charge >= 0.3 is 0 Å². The number of carbonyl (C=O) groups is 1. The van der Waals surface area contributed by atoms with Gasteiger partial charge in [0.25, 0.3) is 0 Å². The first-order chi connectivity index (χ1) is 8.29. The molecule has 0 aliphatic rings. The monoisotopic (exact) mass is 240 g/mol. The van der Waals surface area contributed by atoms with Crippen LogP contribution in [0.2, 0.25) is 5.02 Å². The highest BCUT2D eigenvalue weighted by Crippen LogP contribution is 2.09. The van der Waals surface area contributed by atoms with Crippen LogP contribution in [0, 0.1) is 11.8 Å². The Labute approximate surface area is 105 Å². The molecule has 0 N–H and O–H groups in total. The van der Waals surface area contributed by atoms with Crippen LogP contribution in [0.25, 0.3) is 0 Å². The van der Waals surface area contributed by atoms with Gasteiger partial charge in [-0.05, 0) is 30.3 Å². The number of halogens is 1. The third-order valence-corrected chi connectivity index (χ3v) is 2.53. The van der Waals surface area contributed by atoms with E-state index in [0.717, 1.165) is 17.4 Å². The lowest BCUT2D eigenvalue weighted by Crippen LogP contribution is -1.85. The van der Waals surface area contributed by atoms with Crippen LogP contribution >= 0.6 is 11.6 Å². The van der Waals surface area contributed by atoms with Crippen LogP contribution < -0.4 is 0 Å². The summed E-state index contributed by atoms with van der Waals surface area (Å²) in [5, 5.41) is 0.684. The summed E-state index contributed by atoms with van der Waals surface area (Å²) in [5.74, 6) is 5.97. The van der Waals surface area contributed by atoms with Crippen molar-refractivity contribution < 1.29 is 4.79 Å². The summed E-state index contributed by atoms with van der Waals surface area (Å²) < 4.78 is 0. The molecule has 0 amide bonds. The molecule has 0 aromatic heterocycles. The summed E-state index contributed by atoms with van der Waals surface area (Å²) in [5.41, 5.74) is 2.21. The van der Waals surface area contributed by atoms with Crippen LogP contribution in [-0.2, 0) is 0 Å². The van der Waals surface area contributed by atoms with E-state index in [0.29, 0.717) is 10.6 Å². The van der Waals surface area contributed by atoms with E-state index in [1.54, 1.807) is 18.2 Å². The summed E-state index contributed by atoms with van der Waals surface area (Å²) in [7, 11) is 0. The van der Waals surface area contributed by atoms with Crippen LogP contribution in [0.3, 0.4) is 0 Å². The van der Waals surface area contributed by atoms with E-state index in [4.69, 9.17) is 11.6 Å². The summed E-state index contributed by atoms with van der Waals surface area (Å²) in [6, 6.07) is 14.5. The molecule has 0 aliphatic carbocycles. The molecule has 0 saturated heterocycles. The Bertz CT molecular complexity index is 588. The van der Waals surface area contributed by atoms with Gasteiger partial charge in [0, 0.05) is 21.7 Å². The average molecular weight is 241 g/mol. The van der Waals surface area contributed by atoms with Crippen LogP contribution in [-0.4, -0.2) is 6.29 Å². The second-order valence-corrected chi connectivity index (χ2v) is 3.90. The van der Waals surface area contributed by atoms with Crippen molar-refractivity contribution in [3.8, 4) is 11.8 Å². The van der Waals surface area contributed by atoms with Crippen molar-refractivity contribution >= 4 is 17.9 Å². The van der Waals surface area contributed by atoms with Gasteiger partial charge in [-0.25, -0.2) is 0 Å². The van der Waals surface area contributed by atoms with Crippen LogP contribution in [0.1, 0.15) is 21.5 Å². The van der Waals surface area contributed by atoms with Gasteiger partial charge in [-0.2, -0.15) is 0 Å². The molecule has 0 spiro atoms. The molecule has 0 saturated carbocycles. The topological polar surface area (TPSA) is 17.1 Å². The van der Waals surface area contributed by atoms with Crippen molar-refractivity contribution in [3.05, 3.63) is 70.2 Å². The van der Waals surface area contributed by atoms with Crippen molar-refractivity contribution in [1.82, 2.24) is 0 Å². The molecule has 2 aromatic carbocycles. The minimum absolute atomic E-state index is 0.606. The Morgan fingerprint density at radius 1 is 0.941 bits per heavy atom. The number of aldehydes is 1. The zero-order valence-corrected chi connectivity index (χ0v) is 9.74. The summed E-state index contributed by atoms with van der Waals surface area (Å²) in [6.45, 7) is 0. The largest absolute Gasteiger partial charge is 0.298 e. The number of benzene rings is 2. The van der Waals surface area contributed by atoms with Crippen LogP contribution in [0.15, 0.2) is 48.5 Å². The molecule has 0 aliphatic heterocycles. The minimum Gasteiger partial charge on any atom is -0.298 e. The molecule has 0 atom stereocenters. The second kappa shape index (κ2) is 5.34. The smallest absolute Gasteiger partial charge is 0.151 e. The number of carbonyl (C=O) groups excluding carboxylic acids is 1. The highest BCUT2D eigenvalue weighted by molar-refractivity contribution is 6.30. The van der Waals surface area contributed by atoms with E-state index in [2.05, 4.69) is 11.8 Å². The van der Waals surface area contributed by atoms with Crippen molar-refractivity contribution in [3.63, 3.8) is 0 Å². The highest BCUT2D eigenvalue weighted by atomic mass is 35.5. The molecule has 2 heteroatoms. The summed E-state index contributed by atoms with van der Waals surface area (Å²) in [4.78, 5) is 10.8. The predicted octanol–water partition coefficient (Wildman–Crippen LogP) is 3.55. The Balaban J connectivity index is 2.32. The molecule has 0 fully saturated rings. The zero-order valence-electron chi connectivity index (χ0n) is 8.98. The first-order valence-electron chi connectivity index (χ1n) is 5.11. The SMILES string of the molecule is O=Cc1ccccc1C#Cc1ccc(Cl)cc1. The maximum absolute atomic E-state index is 10.8. The summed E-state index contributed by atoms with van der Waals surface area (Å²) >= 11 is 5.78. The Morgan fingerprint density at radius 3 is 2.35 bits per heavy atom. The van der Waals surface area contributed by atoms with Crippen molar-refractivity contribution in [2.24, 2.45) is 0 Å². The number of hydrogen-bond acceptors (Lipinski definition) is 1. The first-order valence-corrected chi connectivity index (χ1v) is 5.49. The Hall–Kier alpha value is -2.04. The normalized spacial score (nSPS) is 9.24. The van der Waals surface area contributed by atoms with Gasteiger partial charge in [-0.1, -0.05) is 41.6 Å².